The van der Waals surface area contributed by atoms with Gasteiger partial charge in [0.1, 0.15) is 18.8 Å². The molecule has 0 aliphatic carbocycles. The molecule has 0 aliphatic heterocycles. The topological polar surface area (TPSA) is 62.4 Å². The Bertz CT molecular complexity index is 438. The lowest BCUT2D eigenvalue weighted by atomic mass is 10.2. The molecule has 1 atom stereocenters. The monoisotopic (exact) mass is 317 g/mol. The molecule has 0 spiro atoms. The molecule has 0 bridgehead atoms. The van der Waals surface area contributed by atoms with E-state index in [-0.39, 0.29) is 18.6 Å². The zero-order valence-electron chi connectivity index (χ0n) is 10.7. The van der Waals surface area contributed by atoms with Gasteiger partial charge in [-0.3, -0.25) is 10.1 Å². The Labute approximate surface area is 115 Å². The van der Waals surface area contributed by atoms with E-state index in [0.29, 0.717) is 5.82 Å². The summed E-state index contributed by atoms with van der Waals surface area (Å²) in [4.78, 5) is 10.8. The molecule has 0 radical (unpaired) electrons. The summed E-state index contributed by atoms with van der Waals surface area (Å²) in [5, 5.41) is 12.9. The van der Waals surface area contributed by atoms with Crippen LogP contribution in [-0.4, -0.2) is 23.8 Å². The molecule has 0 aliphatic rings. The summed E-state index contributed by atoms with van der Waals surface area (Å²) in [5.41, 5.74) is 0.927. The highest BCUT2D eigenvalue weighted by atomic mass is 79.9. The van der Waals surface area contributed by atoms with Crippen molar-refractivity contribution in [3.05, 3.63) is 22.3 Å². The molecule has 0 saturated heterocycles. The number of ether oxygens (including phenoxy) is 1. The third kappa shape index (κ3) is 4.18. The van der Waals surface area contributed by atoms with E-state index in [2.05, 4.69) is 21.2 Å². The minimum absolute atomic E-state index is 0.0399. The summed E-state index contributed by atoms with van der Waals surface area (Å²) in [6.07, 6.45) is 2.38. The van der Waals surface area contributed by atoms with Crippen LogP contribution in [-0.2, 0) is 9.53 Å². The van der Waals surface area contributed by atoms with E-state index in [4.69, 9.17) is 4.74 Å². The first-order valence-electron chi connectivity index (χ1n) is 5.75. The Morgan fingerprint density at radius 1 is 1.67 bits per heavy atom. The number of anilines is 1. The molecule has 0 fully saturated rings. The number of carbonyl (C=O) groups excluding carboxylic acids is 1. The molecule has 1 heterocycles. The average Bonchev–Trinajstić information content (AvgIpc) is 2.30. The van der Waals surface area contributed by atoms with Crippen LogP contribution in [0, 0.1) is 6.92 Å². The number of rotatable bonds is 5. The molecule has 0 amide bonds. The van der Waals surface area contributed by atoms with Crippen molar-refractivity contribution in [1.29, 1.82) is 0 Å². The molecule has 1 aromatic rings. The van der Waals surface area contributed by atoms with Crippen LogP contribution in [0.1, 0.15) is 25.8 Å². The van der Waals surface area contributed by atoms with Crippen LogP contribution >= 0.6 is 15.9 Å². The highest BCUT2D eigenvalue weighted by Crippen LogP contribution is 2.17. The lowest BCUT2D eigenvalue weighted by Gasteiger charge is -2.13. The first-order chi connectivity index (χ1) is 8.43. The summed E-state index contributed by atoms with van der Waals surface area (Å²) >= 11 is 3.40. The number of nitrogens with one attached hydrogen (secondary N) is 1. The van der Waals surface area contributed by atoms with Crippen molar-refractivity contribution < 1.29 is 19.5 Å². The molecule has 100 valence electrons. The summed E-state index contributed by atoms with van der Waals surface area (Å²) in [6.45, 7) is 5.52. The van der Waals surface area contributed by atoms with E-state index >= 15 is 0 Å². The van der Waals surface area contributed by atoms with Gasteiger partial charge in [-0.05, 0) is 13.3 Å². The average molecular weight is 318 g/mol. The van der Waals surface area contributed by atoms with Gasteiger partial charge in [-0.25, -0.2) is 0 Å². The third-order valence-electron chi connectivity index (χ3n) is 2.54. The standard InChI is InChI=1S/C12H17BrN2O3/c1-4-10(7-18-9(3)16)14-12-5-11(13)8(2)6-15(12)17/h5-6,10,17H,4,7H2,1-3H3/p+1/t10-/m0/s1. The van der Waals surface area contributed by atoms with Crippen LogP contribution in [0.4, 0.5) is 5.82 Å². The van der Waals surface area contributed by atoms with E-state index in [1.54, 1.807) is 12.3 Å². The highest BCUT2D eigenvalue weighted by Gasteiger charge is 2.18. The molecule has 0 saturated carbocycles. The summed E-state index contributed by atoms with van der Waals surface area (Å²) in [6, 6.07) is 1.74. The SMILES string of the molecule is CC[C@@H](COC(C)=O)Nc1cc(Br)c(C)c[n+]1O. The van der Waals surface area contributed by atoms with E-state index in [0.717, 1.165) is 21.2 Å². The van der Waals surface area contributed by atoms with Crippen molar-refractivity contribution in [3.63, 3.8) is 0 Å². The summed E-state index contributed by atoms with van der Waals surface area (Å²) in [7, 11) is 0. The molecule has 1 aromatic heterocycles. The number of hydrogen-bond donors (Lipinski definition) is 2. The Morgan fingerprint density at radius 3 is 2.89 bits per heavy atom. The summed E-state index contributed by atoms with van der Waals surface area (Å²) < 4.78 is 6.88. The molecule has 5 nitrogen and oxygen atoms in total. The molecule has 0 aromatic carbocycles. The van der Waals surface area contributed by atoms with E-state index < -0.39 is 0 Å². The van der Waals surface area contributed by atoms with Gasteiger partial charge in [0.2, 0.25) is 0 Å². The first-order valence-corrected chi connectivity index (χ1v) is 6.54. The molecule has 1 rings (SSSR count). The van der Waals surface area contributed by atoms with E-state index in [1.165, 1.54) is 6.92 Å². The number of pyridine rings is 1. The maximum atomic E-state index is 10.8. The predicted octanol–water partition coefficient (Wildman–Crippen LogP) is 2.04. The van der Waals surface area contributed by atoms with Crippen molar-refractivity contribution in [1.82, 2.24) is 0 Å². The Hall–Kier alpha value is -1.30. The van der Waals surface area contributed by atoms with Crippen molar-refractivity contribution in [2.75, 3.05) is 11.9 Å². The van der Waals surface area contributed by atoms with Gasteiger partial charge in [0, 0.05) is 23.0 Å². The predicted molar refractivity (Wildman–Crippen MR) is 70.6 cm³/mol. The van der Waals surface area contributed by atoms with Crippen molar-refractivity contribution in [2.24, 2.45) is 0 Å². The minimum atomic E-state index is -0.308. The molecular formula is C12H18BrN2O3+. The highest BCUT2D eigenvalue weighted by molar-refractivity contribution is 9.10. The smallest absolute Gasteiger partial charge is 0.315 e. The molecule has 0 unspecified atom stereocenters. The second-order valence-corrected chi connectivity index (χ2v) is 4.94. The second kappa shape index (κ2) is 6.58. The Morgan fingerprint density at radius 2 is 2.33 bits per heavy atom. The van der Waals surface area contributed by atoms with Crippen LogP contribution < -0.4 is 10.0 Å². The Balaban J connectivity index is 2.75. The van der Waals surface area contributed by atoms with Crippen LogP contribution in [0.25, 0.3) is 0 Å². The lowest BCUT2D eigenvalue weighted by Crippen LogP contribution is -2.38. The number of hydrogen-bond acceptors (Lipinski definition) is 4. The van der Waals surface area contributed by atoms with E-state index in [9.17, 15) is 10.0 Å². The molecular weight excluding hydrogens is 300 g/mol. The van der Waals surface area contributed by atoms with Gasteiger partial charge < -0.3 is 9.94 Å². The maximum Gasteiger partial charge on any atom is 0.315 e. The quantitative estimate of drug-likeness (QED) is 0.495. The van der Waals surface area contributed by atoms with Gasteiger partial charge in [-0.1, -0.05) is 27.6 Å². The first kappa shape index (κ1) is 14.8. The zero-order valence-corrected chi connectivity index (χ0v) is 12.3. The minimum Gasteiger partial charge on any atom is -0.461 e. The molecule has 6 heteroatoms. The third-order valence-corrected chi connectivity index (χ3v) is 3.39. The van der Waals surface area contributed by atoms with Gasteiger partial charge in [0.15, 0.2) is 0 Å². The van der Waals surface area contributed by atoms with Gasteiger partial charge in [-0.2, -0.15) is 0 Å². The number of aromatic nitrogens is 1. The van der Waals surface area contributed by atoms with Crippen molar-refractivity contribution >= 4 is 27.7 Å². The number of halogens is 1. The second-order valence-electron chi connectivity index (χ2n) is 4.09. The van der Waals surface area contributed by atoms with Crippen LogP contribution in [0.5, 0.6) is 0 Å². The fourth-order valence-corrected chi connectivity index (χ4v) is 1.73. The molecule has 18 heavy (non-hydrogen) atoms. The van der Waals surface area contributed by atoms with Gasteiger partial charge in [0.25, 0.3) is 0 Å². The fraction of sp³-hybridized carbons (Fsp3) is 0.500. The van der Waals surface area contributed by atoms with Crippen molar-refractivity contribution in [3.8, 4) is 0 Å². The zero-order chi connectivity index (χ0) is 13.7. The Kier molecular flexibility index (Phi) is 5.40. The number of carbonyl (C=O) groups is 1. The fourth-order valence-electron chi connectivity index (χ4n) is 1.41. The van der Waals surface area contributed by atoms with Crippen LogP contribution in [0.3, 0.4) is 0 Å². The van der Waals surface area contributed by atoms with E-state index in [1.807, 2.05) is 13.8 Å². The maximum absolute atomic E-state index is 10.8. The van der Waals surface area contributed by atoms with Crippen LogP contribution in [0.15, 0.2) is 16.7 Å². The normalized spacial score (nSPS) is 12.0. The number of esters is 1. The largest absolute Gasteiger partial charge is 0.461 e. The van der Waals surface area contributed by atoms with Gasteiger partial charge in [0.05, 0.1) is 0 Å². The molecule has 2 N–H and O–H groups in total. The number of nitrogens with zero attached hydrogens (tertiary/aromatic N) is 1. The van der Waals surface area contributed by atoms with Crippen molar-refractivity contribution in [2.45, 2.75) is 33.2 Å². The number of aryl methyl sites for hydroxylation is 1. The lowest BCUT2D eigenvalue weighted by molar-refractivity contribution is -0.894. The van der Waals surface area contributed by atoms with Gasteiger partial charge in [-0.15, -0.1) is 0 Å². The summed E-state index contributed by atoms with van der Waals surface area (Å²) in [5.74, 6) is 0.240. The van der Waals surface area contributed by atoms with Gasteiger partial charge >= 0.3 is 11.8 Å². The van der Waals surface area contributed by atoms with Crippen LogP contribution in [0.2, 0.25) is 0 Å².